The van der Waals surface area contributed by atoms with E-state index in [4.69, 9.17) is 16.3 Å². The molecule has 110 valence electrons. The Kier molecular flexibility index (Phi) is 4.96. The van der Waals surface area contributed by atoms with E-state index < -0.39 is 17.9 Å². The summed E-state index contributed by atoms with van der Waals surface area (Å²) in [5.41, 5.74) is 1.01. The maximum absolute atomic E-state index is 12.3. The fourth-order valence-electron chi connectivity index (χ4n) is 2.34. The van der Waals surface area contributed by atoms with Crippen LogP contribution in [-0.2, 0) is 16.0 Å². The first-order chi connectivity index (χ1) is 10.2. The fraction of sp³-hybridized carbons (Fsp3) is 0.375. The Bertz CT molecular complexity index is 549. The highest BCUT2D eigenvalue weighted by Gasteiger charge is 2.40. The lowest BCUT2D eigenvalue weighted by Crippen LogP contribution is -2.43. The lowest BCUT2D eigenvalue weighted by atomic mass is 10.0. The molecule has 0 bridgehead atoms. The quantitative estimate of drug-likeness (QED) is 0.827. The second-order valence-corrected chi connectivity index (χ2v) is 4.86. The van der Waals surface area contributed by atoms with Crippen LogP contribution in [0.15, 0.2) is 30.3 Å². The molecule has 1 aliphatic heterocycles. The zero-order valence-electron chi connectivity index (χ0n) is 11.6. The summed E-state index contributed by atoms with van der Waals surface area (Å²) in [7, 11) is 0. The third-order valence-corrected chi connectivity index (χ3v) is 3.43. The van der Waals surface area contributed by atoms with Crippen molar-refractivity contribution in [1.29, 1.82) is 0 Å². The van der Waals surface area contributed by atoms with E-state index in [2.05, 4.69) is 5.92 Å². The first-order valence-electron chi connectivity index (χ1n) is 6.78. The number of nitrogens with zero attached hydrogens (tertiary/aromatic N) is 1. The van der Waals surface area contributed by atoms with E-state index in [9.17, 15) is 9.59 Å². The van der Waals surface area contributed by atoms with Gasteiger partial charge >= 0.3 is 6.09 Å². The molecule has 5 nitrogen and oxygen atoms in total. The first-order valence-corrected chi connectivity index (χ1v) is 6.78. The number of cyclic esters (lactones) is 1. The number of hydrogen-bond acceptors (Lipinski definition) is 4. The van der Waals surface area contributed by atoms with Crippen molar-refractivity contribution in [1.82, 2.24) is 4.90 Å². The molecule has 0 aliphatic carbocycles. The maximum atomic E-state index is 12.3. The number of imide groups is 1. The number of terminal acetylenes is 1. The number of amides is 2. The van der Waals surface area contributed by atoms with Crippen molar-refractivity contribution in [2.75, 3.05) is 13.2 Å². The van der Waals surface area contributed by atoms with Crippen LogP contribution in [0.5, 0.6) is 0 Å². The van der Waals surface area contributed by atoms with Crippen LogP contribution >= 0.6 is 0 Å². The number of carbonyl (C=O) groups excluding carboxylic acids is 2. The van der Waals surface area contributed by atoms with Crippen molar-refractivity contribution in [2.24, 2.45) is 5.92 Å². The van der Waals surface area contributed by atoms with Crippen LogP contribution in [0, 0.1) is 18.3 Å². The highest BCUT2D eigenvalue weighted by atomic mass is 16.6. The van der Waals surface area contributed by atoms with Gasteiger partial charge in [0.25, 0.3) is 0 Å². The van der Waals surface area contributed by atoms with E-state index in [1.54, 1.807) is 0 Å². The Morgan fingerprint density at radius 2 is 2.19 bits per heavy atom. The molecule has 0 aromatic heterocycles. The molecule has 2 amide bonds. The number of ether oxygens (including phenoxy) is 1. The Balaban J connectivity index is 2.13. The molecular weight excluding hydrogens is 270 g/mol. The fourth-order valence-corrected chi connectivity index (χ4v) is 2.34. The van der Waals surface area contributed by atoms with Gasteiger partial charge in [0.1, 0.15) is 12.5 Å². The third-order valence-electron chi connectivity index (χ3n) is 3.43. The van der Waals surface area contributed by atoms with Gasteiger partial charge in [0.2, 0.25) is 5.91 Å². The van der Waals surface area contributed by atoms with Gasteiger partial charge in [0, 0.05) is 6.61 Å². The van der Waals surface area contributed by atoms with Gasteiger partial charge in [-0.25, -0.2) is 9.69 Å². The standard InChI is InChI=1S/C16H17NO4/c1-2-13(8-9-18)15(19)17-14(11-21-16(17)20)10-12-6-4-3-5-7-12/h1,3-7,13-14,18H,8-11H2/t13-,14-/m1/s1. The molecule has 0 saturated carbocycles. The third kappa shape index (κ3) is 3.41. The molecule has 2 atom stereocenters. The van der Waals surface area contributed by atoms with Gasteiger partial charge in [0.15, 0.2) is 0 Å². The zero-order chi connectivity index (χ0) is 15.2. The average Bonchev–Trinajstić information content (AvgIpc) is 2.86. The van der Waals surface area contributed by atoms with Gasteiger partial charge in [0.05, 0.1) is 6.04 Å². The number of aliphatic hydroxyl groups is 1. The van der Waals surface area contributed by atoms with Crippen molar-refractivity contribution in [3.05, 3.63) is 35.9 Å². The number of carbonyl (C=O) groups is 2. The second kappa shape index (κ2) is 6.91. The Morgan fingerprint density at radius 1 is 1.48 bits per heavy atom. The van der Waals surface area contributed by atoms with Crippen LogP contribution in [0.2, 0.25) is 0 Å². The average molecular weight is 287 g/mol. The van der Waals surface area contributed by atoms with E-state index in [1.165, 1.54) is 0 Å². The molecule has 5 heteroatoms. The van der Waals surface area contributed by atoms with Crippen molar-refractivity contribution in [3.63, 3.8) is 0 Å². The Labute approximate surface area is 123 Å². The minimum absolute atomic E-state index is 0.136. The van der Waals surface area contributed by atoms with Gasteiger partial charge in [-0.3, -0.25) is 4.79 Å². The highest BCUT2D eigenvalue weighted by molar-refractivity contribution is 5.96. The van der Waals surface area contributed by atoms with Crippen molar-refractivity contribution in [3.8, 4) is 12.3 Å². The van der Waals surface area contributed by atoms with Crippen LogP contribution < -0.4 is 0 Å². The van der Waals surface area contributed by atoms with Crippen LogP contribution in [0.3, 0.4) is 0 Å². The number of aliphatic hydroxyl groups excluding tert-OH is 1. The molecule has 21 heavy (non-hydrogen) atoms. The highest BCUT2D eigenvalue weighted by Crippen LogP contribution is 2.20. The summed E-state index contributed by atoms with van der Waals surface area (Å²) < 4.78 is 4.98. The topological polar surface area (TPSA) is 66.8 Å². The molecule has 1 aromatic carbocycles. The smallest absolute Gasteiger partial charge is 0.417 e. The lowest BCUT2D eigenvalue weighted by Gasteiger charge is -2.22. The molecule has 1 aliphatic rings. The molecule has 1 N–H and O–H groups in total. The summed E-state index contributed by atoms with van der Waals surface area (Å²) in [6, 6.07) is 9.19. The number of hydrogen-bond donors (Lipinski definition) is 1. The van der Waals surface area contributed by atoms with Crippen LogP contribution in [0.1, 0.15) is 12.0 Å². The largest absolute Gasteiger partial charge is 0.447 e. The predicted octanol–water partition coefficient (Wildman–Crippen LogP) is 1.21. The minimum Gasteiger partial charge on any atom is -0.447 e. The molecule has 2 rings (SSSR count). The molecule has 1 heterocycles. The summed E-state index contributed by atoms with van der Waals surface area (Å²) in [5.74, 6) is 1.04. The first kappa shape index (κ1) is 15.1. The summed E-state index contributed by atoms with van der Waals surface area (Å²) in [6.07, 6.45) is 5.30. The van der Waals surface area contributed by atoms with Crippen molar-refractivity contribution >= 4 is 12.0 Å². The van der Waals surface area contributed by atoms with Gasteiger partial charge in [-0.15, -0.1) is 6.42 Å². The van der Waals surface area contributed by atoms with Gasteiger partial charge in [-0.05, 0) is 18.4 Å². The summed E-state index contributed by atoms with van der Waals surface area (Å²) in [6.45, 7) is -0.0390. The SMILES string of the molecule is C#C[C@H](CCO)C(=O)N1C(=O)OC[C@H]1Cc1ccccc1. The van der Waals surface area contributed by atoms with Gasteiger partial charge < -0.3 is 9.84 Å². The summed E-state index contributed by atoms with van der Waals surface area (Å²) in [4.78, 5) is 25.2. The Morgan fingerprint density at radius 3 is 2.81 bits per heavy atom. The molecule has 1 fully saturated rings. The number of rotatable bonds is 5. The molecule has 0 radical (unpaired) electrons. The molecule has 0 spiro atoms. The normalized spacial score (nSPS) is 19.0. The number of benzene rings is 1. The Hall–Kier alpha value is -2.32. The van der Waals surface area contributed by atoms with Gasteiger partial charge in [-0.2, -0.15) is 0 Å². The zero-order valence-corrected chi connectivity index (χ0v) is 11.6. The van der Waals surface area contributed by atoms with E-state index in [-0.39, 0.29) is 25.7 Å². The van der Waals surface area contributed by atoms with Crippen molar-refractivity contribution in [2.45, 2.75) is 18.9 Å². The molecule has 1 aromatic rings. The van der Waals surface area contributed by atoms with E-state index in [0.717, 1.165) is 10.5 Å². The predicted molar refractivity (Wildman–Crippen MR) is 76.2 cm³/mol. The second-order valence-electron chi connectivity index (χ2n) is 4.86. The summed E-state index contributed by atoms with van der Waals surface area (Å²) >= 11 is 0. The maximum Gasteiger partial charge on any atom is 0.417 e. The van der Waals surface area contributed by atoms with Crippen LogP contribution in [0.4, 0.5) is 4.79 Å². The summed E-state index contributed by atoms with van der Waals surface area (Å²) in [5, 5.41) is 8.94. The molecular formula is C16H17NO4. The van der Waals surface area contributed by atoms with Crippen LogP contribution in [-0.4, -0.2) is 41.3 Å². The van der Waals surface area contributed by atoms with Crippen LogP contribution in [0.25, 0.3) is 0 Å². The lowest BCUT2D eigenvalue weighted by molar-refractivity contribution is -0.132. The van der Waals surface area contributed by atoms with Gasteiger partial charge in [-0.1, -0.05) is 36.3 Å². The van der Waals surface area contributed by atoms with Crippen molar-refractivity contribution < 1.29 is 19.4 Å². The van der Waals surface area contributed by atoms with E-state index >= 15 is 0 Å². The van der Waals surface area contributed by atoms with E-state index in [0.29, 0.717) is 6.42 Å². The molecule has 0 unspecified atom stereocenters. The van der Waals surface area contributed by atoms with E-state index in [1.807, 2.05) is 30.3 Å². The molecule has 1 saturated heterocycles. The minimum atomic E-state index is -0.807. The monoisotopic (exact) mass is 287 g/mol.